The topological polar surface area (TPSA) is 50.2 Å². The van der Waals surface area contributed by atoms with Crippen molar-refractivity contribution in [1.82, 2.24) is 19.8 Å². The number of hydrogen-bond donors (Lipinski definition) is 1. The van der Waals surface area contributed by atoms with Crippen LogP contribution in [0.4, 0.5) is 0 Å². The molecular formula is C14H22N4O. The van der Waals surface area contributed by atoms with Gasteiger partial charge in [-0.1, -0.05) is 0 Å². The Kier molecular flexibility index (Phi) is 3.09. The Morgan fingerprint density at radius 2 is 2.21 bits per heavy atom. The van der Waals surface area contributed by atoms with Gasteiger partial charge in [-0.05, 0) is 26.7 Å². The standard InChI is InChI=1S/C14H22N4O/c1-9(2)18-7-6-11-12(17(3)8-15-11)13(18)14(19)16-10-4-5-10/h8-10,13H,4-7H2,1-3H3,(H,16,19). The highest BCUT2D eigenvalue weighted by molar-refractivity contribution is 5.84. The fourth-order valence-corrected chi connectivity index (χ4v) is 2.89. The first kappa shape index (κ1) is 12.7. The molecule has 1 aromatic rings. The summed E-state index contributed by atoms with van der Waals surface area (Å²) < 4.78 is 2.00. The minimum absolute atomic E-state index is 0.140. The molecule has 1 aromatic heterocycles. The number of rotatable bonds is 3. The molecule has 1 aliphatic carbocycles. The number of aryl methyl sites for hydroxylation is 1. The van der Waals surface area contributed by atoms with Gasteiger partial charge in [-0.25, -0.2) is 4.98 Å². The first-order valence-corrected chi connectivity index (χ1v) is 7.14. The molecule has 2 aliphatic rings. The van der Waals surface area contributed by atoms with E-state index in [1.165, 1.54) is 0 Å². The summed E-state index contributed by atoms with van der Waals surface area (Å²) in [6.45, 7) is 5.21. The van der Waals surface area contributed by atoms with Crippen molar-refractivity contribution in [1.29, 1.82) is 0 Å². The Bertz CT molecular complexity index is 490. The molecule has 0 spiro atoms. The quantitative estimate of drug-likeness (QED) is 0.884. The average Bonchev–Trinajstić information content (AvgIpc) is 3.10. The zero-order valence-electron chi connectivity index (χ0n) is 11.9. The number of amides is 1. The Labute approximate surface area is 114 Å². The van der Waals surface area contributed by atoms with Crippen LogP contribution in [0.15, 0.2) is 6.33 Å². The monoisotopic (exact) mass is 262 g/mol. The van der Waals surface area contributed by atoms with E-state index in [2.05, 4.69) is 29.0 Å². The average molecular weight is 262 g/mol. The van der Waals surface area contributed by atoms with Crippen molar-refractivity contribution in [2.45, 2.75) is 51.2 Å². The highest BCUT2D eigenvalue weighted by atomic mass is 16.2. The molecule has 1 amide bonds. The summed E-state index contributed by atoms with van der Waals surface area (Å²) in [5, 5.41) is 3.14. The first-order chi connectivity index (χ1) is 9.08. The molecule has 1 fully saturated rings. The third-order valence-electron chi connectivity index (χ3n) is 4.10. The number of hydrogen-bond acceptors (Lipinski definition) is 3. The van der Waals surface area contributed by atoms with Gasteiger partial charge in [0, 0.05) is 32.1 Å². The van der Waals surface area contributed by atoms with Crippen molar-refractivity contribution < 1.29 is 4.79 Å². The molecule has 5 heteroatoms. The summed E-state index contributed by atoms with van der Waals surface area (Å²) in [5.41, 5.74) is 2.15. The Balaban J connectivity index is 1.93. The molecule has 1 saturated carbocycles. The van der Waals surface area contributed by atoms with Gasteiger partial charge in [0.25, 0.3) is 0 Å². The number of fused-ring (bicyclic) bond motifs is 1. The summed E-state index contributed by atoms with van der Waals surface area (Å²) in [4.78, 5) is 19.3. The Hall–Kier alpha value is -1.36. The molecule has 0 radical (unpaired) electrons. The van der Waals surface area contributed by atoms with E-state index in [4.69, 9.17) is 0 Å². The number of aromatic nitrogens is 2. The van der Waals surface area contributed by atoms with E-state index in [0.29, 0.717) is 12.1 Å². The zero-order chi connectivity index (χ0) is 13.6. The van der Waals surface area contributed by atoms with Crippen molar-refractivity contribution in [2.24, 2.45) is 7.05 Å². The lowest BCUT2D eigenvalue weighted by atomic mass is 10.00. The maximum atomic E-state index is 12.6. The van der Waals surface area contributed by atoms with E-state index in [1.54, 1.807) is 0 Å². The SMILES string of the molecule is CC(C)N1CCc2ncn(C)c2C1C(=O)NC1CC1. The Morgan fingerprint density at radius 1 is 1.47 bits per heavy atom. The van der Waals surface area contributed by atoms with Crippen LogP contribution in [0.25, 0.3) is 0 Å². The molecule has 0 aromatic carbocycles. The van der Waals surface area contributed by atoms with Crippen molar-refractivity contribution in [2.75, 3.05) is 6.54 Å². The molecule has 104 valence electrons. The van der Waals surface area contributed by atoms with Gasteiger partial charge in [0.05, 0.1) is 17.7 Å². The van der Waals surface area contributed by atoms with Gasteiger partial charge in [-0.3, -0.25) is 9.69 Å². The smallest absolute Gasteiger partial charge is 0.243 e. The van der Waals surface area contributed by atoms with E-state index in [9.17, 15) is 4.79 Å². The predicted molar refractivity (Wildman–Crippen MR) is 72.7 cm³/mol. The third-order valence-corrected chi connectivity index (χ3v) is 4.10. The number of imidazole rings is 1. The molecule has 0 bridgehead atoms. The molecule has 5 nitrogen and oxygen atoms in total. The van der Waals surface area contributed by atoms with E-state index in [-0.39, 0.29) is 11.9 Å². The van der Waals surface area contributed by atoms with Crippen LogP contribution in [0.5, 0.6) is 0 Å². The van der Waals surface area contributed by atoms with Crippen LogP contribution in [0.1, 0.15) is 44.1 Å². The van der Waals surface area contributed by atoms with Gasteiger partial charge < -0.3 is 9.88 Å². The lowest BCUT2D eigenvalue weighted by molar-refractivity contribution is -0.128. The number of nitrogens with zero attached hydrogens (tertiary/aromatic N) is 3. The maximum Gasteiger partial charge on any atom is 0.243 e. The van der Waals surface area contributed by atoms with Crippen molar-refractivity contribution >= 4 is 5.91 Å². The molecule has 2 heterocycles. The fraction of sp³-hybridized carbons (Fsp3) is 0.714. The number of carbonyl (C=O) groups excluding carboxylic acids is 1. The third kappa shape index (κ3) is 2.27. The summed E-state index contributed by atoms with van der Waals surface area (Å²) in [6, 6.07) is 0.579. The maximum absolute atomic E-state index is 12.6. The predicted octanol–water partition coefficient (Wildman–Crippen LogP) is 1.01. The second-order valence-corrected chi connectivity index (χ2v) is 5.95. The lowest BCUT2D eigenvalue weighted by Crippen LogP contribution is -2.48. The van der Waals surface area contributed by atoms with Crippen LogP contribution in [-0.2, 0) is 18.3 Å². The molecule has 19 heavy (non-hydrogen) atoms. The second kappa shape index (κ2) is 4.63. The Morgan fingerprint density at radius 3 is 2.84 bits per heavy atom. The van der Waals surface area contributed by atoms with E-state index in [0.717, 1.165) is 37.2 Å². The van der Waals surface area contributed by atoms with E-state index >= 15 is 0 Å². The molecular weight excluding hydrogens is 240 g/mol. The largest absolute Gasteiger partial charge is 0.352 e. The zero-order valence-corrected chi connectivity index (χ0v) is 11.9. The highest BCUT2D eigenvalue weighted by Gasteiger charge is 2.38. The van der Waals surface area contributed by atoms with Crippen molar-refractivity contribution in [3.63, 3.8) is 0 Å². The normalized spacial score (nSPS) is 23.5. The molecule has 1 atom stereocenters. The van der Waals surface area contributed by atoms with Crippen molar-refractivity contribution in [3.8, 4) is 0 Å². The minimum atomic E-state index is -0.183. The van der Waals surface area contributed by atoms with E-state index < -0.39 is 0 Å². The highest BCUT2D eigenvalue weighted by Crippen LogP contribution is 2.31. The van der Waals surface area contributed by atoms with Gasteiger partial charge in [0.2, 0.25) is 5.91 Å². The summed E-state index contributed by atoms with van der Waals surface area (Å²) in [5.74, 6) is 0.140. The molecule has 0 saturated heterocycles. The molecule has 1 unspecified atom stereocenters. The van der Waals surface area contributed by atoms with Gasteiger partial charge in [-0.2, -0.15) is 0 Å². The van der Waals surface area contributed by atoms with Crippen LogP contribution >= 0.6 is 0 Å². The molecule has 1 N–H and O–H groups in total. The van der Waals surface area contributed by atoms with Gasteiger partial charge in [-0.15, -0.1) is 0 Å². The van der Waals surface area contributed by atoms with Gasteiger partial charge in [0.15, 0.2) is 0 Å². The second-order valence-electron chi connectivity index (χ2n) is 5.95. The molecule has 1 aliphatic heterocycles. The van der Waals surface area contributed by atoms with E-state index in [1.807, 2.05) is 17.9 Å². The first-order valence-electron chi connectivity index (χ1n) is 7.14. The minimum Gasteiger partial charge on any atom is -0.352 e. The van der Waals surface area contributed by atoms with Gasteiger partial charge >= 0.3 is 0 Å². The van der Waals surface area contributed by atoms with Crippen LogP contribution < -0.4 is 5.32 Å². The summed E-state index contributed by atoms with van der Waals surface area (Å²) in [6.07, 6.45) is 5.00. The molecule has 3 rings (SSSR count). The number of carbonyl (C=O) groups is 1. The summed E-state index contributed by atoms with van der Waals surface area (Å²) in [7, 11) is 1.98. The summed E-state index contributed by atoms with van der Waals surface area (Å²) >= 11 is 0. The van der Waals surface area contributed by atoms with Crippen LogP contribution in [0.3, 0.4) is 0 Å². The van der Waals surface area contributed by atoms with Crippen molar-refractivity contribution in [3.05, 3.63) is 17.7 Å². The lowest BCUT2D eigenvalue weighted by Gasteiger charge is -2.37. The van der Waals surface area contributed by atoms with Crippen LogP contribution in [0.2, 0.25) is 0 Å². The fourth-order valence-electron chi connectivity index (χ4n) is 2.89. The van der Waals surface area contributed by atoms with Crippen LogP contribution in [-0.4, -0.2) is 39.0 Å². The van der Waals surface area contributed by atoms with Gasteiger partial charge in [0.1, 0.15) is 6.04 Å². The number of nitrogens with one attached hydrogen (secondary N) is 1. The van der Waals surface area contributed by atoms with Crippen LogP contribution in [0, 0.1) is 0 Å².